The Kier molecular flexibility index (Phi) is 6.97. The molecule has 2 N–H and O–H groups in total. The van der Waals surface area contributed by atoms with E-state index in [1.165, 1.54) is 35.3 Å². The second-order valence-electron chi connectivity index (χ2n) is 7.23. The lowest BCUT2D eigenvalue weighted by molar-refractivity contribution is 0.600. The summed E-state index contributed by atoms with van der Waals surface area (Å²) in [4.78, 5) is 2.45. The van der Waals surface area contributed by atoms with Crippen LogP contribution in [0.15, 0.2) is 48.5 Å². The third-order valence-electron chi connectivity index (χ3n) is 5.06. The molecule has 0 amide bonds. The fraction of sp³-hybridized carbons (Fsp3) is 0.381. The topological polar surface area (TPSA) is 64.7 Å². The largest absolute Gasteiger partial charge is 0.371 e. The predicted molar refractivity (Wildman–Crippen MR) is 126 cm³/mol. The van der Waals surface area contributed by atoms with Gasteiger partial charge in [0.05, 0.1) is 11.9 Å². The van der Waals surface area contributed by atoms with Crippen molar-refractivity contribution in [1.29, 1.82) is 0 Å². The van der Waals surface area contributed by atoms with E-state index in [4.69, 9.17) is 12.2 Å². The zero-order chi connectivity index (χ0) is 20.9. The Morgan fingerprint density at radius 2 is 2.00 bits per heavy atom. The van der Waals surface area contributed by atoms with Crippen molar-refractivity contribution in [2.75, 3.05) is 47.5 Å². The number of thiocarbonyl (C=S) groups is 1. The van der Waals surface area contributed by atoms with E-state index in [2.05, 4.69) is 39.8 Å². The Morgan fingerprint density at radius 3 is 2.79 bits per heavy atom. The van der Waals surface area contributed by atoms with Gasteiger partial charge in [-0.2, -0.15) is 0 Å². The first-order valence-corrected chi connectivity index (χ1v) is 12.0. The number of hydrogen-bond acceptors (Lipinski definition) is 4. The van der Waals surface area contributed by atoms with Gasteiger partial charge in [-0.15, -0.1) is 0 Å². The molecule has 2 aromatic carbocycles. The van der Waals surface area contributed by atoms with Crippen molar-refractivity contribution in [2.45, 2.75) is 19.3 Å². The highest BCUT2D eigenvalue weighted by Gasteiger charge is 2.15. The van der Waals surface area contributed by atoms with E-state index in [-0.39, 0.29) is 0 Å². The highest BCUT2D eigenvalue weighted by atomic mass is 32.2. The summed E-state index contributed by atoms with van der Waals surface area (Å²) in [7, 11) is -1.77. The van der Waals surface area contributed by atoms with Crippen LogP contribution in [0.4, 0.5) is 17.1 Å². The van der Waals surface area contributed by atoms with Gasteiger partial charge in [-0.25, -0.2) is 8.42 Å². The SMILES string of the molecule is CN(c1cccc(NC(=S)NCCCN2CCCc3ccccc32)c1)S(C)(=O)=O. The Bertz CT molecular complexity index is 963. The lowest BCUT2D eigenvalue weighted by Gasteiger charge is -2.31. The fourth-order valence-electron chi connectivity index (χ4n) is 3.46. The van der Waals surface area contributed by atoms with Crippen molar-refractivity contribution < 1.29 is 8.42 Å². The van der Waals surface area contributed by atoms with Gasteiger partial charge in [-0.1, -0.05) is 24.3 Å². The van der Waals surface area contributed by atoms with Gasteiger partial charge in [0, 0.05) is 38.1 Å². The first-order valence-electron chi connectivity index (χ1n) is 9.76. The summed E-state index contributed by atoms with van der Waals surface area (Å²) >= 11 is 5.38. The molecule has 0 saturated carbocycles. The zero-order valence-corrected chi connectivity index (χ0v) is 18.5. The van der Waals surface area contributed by atoms with Crippen molar-refractivity contribution in [3.8, 4) is 0 Å². The van der Waals surface area contributed by atoms with E-state index in [1.807, 2.05) is 6.07 Å². The van der Waals surface area contributed by atoms with Crippen LogP contribution in [0.2, 0.25) is 0 Å². The van der Waals surface area contributed by atoms with Gasteiger partial charge in [-0.3, -0.25) is 4.31 Å². The molecular formula is C21H28N4O2S2. The van der Waals surface area contributed by atoms with Gasteiger partial charge >= 0.3 is 0 Å². The fourth-order valence-corrected chi connectivity index (χ4v) is 4.18. The summed E-state index contributed by atoms with van der Waals surface area (Å²) in [5.41, 5.74) is 4.12. The molecular weight excluding hydrogens is 404 g/mol. The van der Waals surface area contributed by atoms with Crippen LogP contribution in [0.3, 0.4) is 0 Å². The molecule has 3 rings (SSSR count). The Hall–Kier alpha value is -2.32. The minimum absolute atomic E-state index is 0.531. The lowest BCUT2D eigenvalue weighted by atomic mass is 10.0. The summed E-state index contributed by atoms with van der Waals surface area (Å²) in [5.74, 6) is 0. The van der Waals surface area contributed by atoms with Gasteiger partial charge in [0.1, 0.15) is 0 Å². The number of benzene rings is 2. The summed E-state index contributed by atoms with van der Waals surface area (Å²) in [6.45, 7) is 2.86. The number of anilines is 3. The number of rotatable bonds is 7. The number of para-hydroxylation sites is 1. The van der Waals surface area contributed by atoms with Crippen molar-refractivity contribution in [3.63, 3.8) is 0 Å². The molecule has 2 aromatic rings. The molecule has 0 saturated heterocycles. The summed E-state index contributed by atoms with van der Waals surface area (Å²) < 4.78 is 24.7. The molecule has 156 valence electrons. The highest BCUT2D eigenvalue weighted by molar-refractivity contribution is 7.92. The van der Waals surface area contributed by atoms with E-state index in [0.29, 0.717) is 10.8 Å². The van der Waals surface area contributed by atoms with Crippen molar-refractivity contribution in [2.24, 2.45) is 0 Å². The van der Waals surface area contributed by atoms with Crippen molar-refractivity contribution in [1.82, 2.24) is 5.32 Å². The van der Waals surface area contributed by atoms with E-state index in [1.54, 1.807) is 18.2 Å². The molecule has 1 heterocycles. The Labute approximate surface area is 179 Å². The molecule has 8 heteroatoms. The average molecular weight is 433 g/mol. The lowest BCUT2D eigenvalue weighted by Crippen LogP contribution is -2.34. The maximum Gasteiger partial charge on any atom is 0.231 e. The molecule has 0 radical (unpaired) electrons. The van der Waals surface area contributed by atoms with Crippen molar-refractivity contribution in [3.05, 3.63) is 54.1 Å². The summed E-state index contributed by atoms with van der Waals surface area (Å²) in [5, 5.41) is 6.89. The molecule has 6 nitrogen and oxygen atoms in total. The molecule has 29 heavy (non-hydrogen) atoms. The first-order chi connectivity index (χ1) is 13.8. The third-order valence-corrected chi connectivity index (χ3v) is 6.51. The zero-order valence-electron chi connectivity index (χ0n) is 16.9. The standard InChI is InChI=1S/C21H28N4O2S2/c1-24(29(2,26)27)19-11-5-10-18(16-19)23-21(28)22-13-7-15-25-14-6-9-17-8-3-4-12-20(17)25/h3-5,8,10-12,16H,6-7,9,13-15H2,1-2H3,(H2,22,23,28). The third kappa shape index (κ3) is 5.83. The van der Waals surface area contributed by atoms with Crippen LogP contribution < -0.4 is 19.8 Å². The highest BCUT2D eigenvalue weighted by Crippen LogP contribution is 2.26. The first kappa shape index (κ1) is 21.4. The minimum atomic E-state index is -3.30. The normalized spacial score (nSPS) is 13.5. The van der Waals surface area contributed by atoms with Gasteiger partial charge in [0.2, 0.25) is 10.0 Å². The Balaban J connectivity index is 1.47. The average Bonchev–Trinajstić information content (AvgIpc) is 2.70. The molecule has 0 atom stereocenters. The molecule has 1 aliphatic rings. The van der Waals surface area contributed by atoms with Crippen LogP contribution >= 0.6 is 12.2 Å². The molecule has 0 unspecified atom stereocenters. The summed E-state index contributed by atoms with van der Waals surface area (Å²) in [6, 6.07) is 15.8. The van der Waals surface area contributed by atoms with Crippen LogP contribution in [0.5, 0.6) is 0 Å². The molecule has 0 aromatic heterocycles. The number of hydrogen-bond donors (Lipinski definition) is 2. The van der Waals surface area contributed by atoms with Crippen molar-refractivity contribution >= 4 is 44.4 Å². The number of nitrogens with one attached hydrogen (secondary N) is 2. The van der Waals surface area contributed by atoms with Crippen LogP contribution in [-0.2, 0) is 16.4 Å². The molecule has 0 bridgehead atoms. The van der Waals surface area contributed by atoms with E-state index >= 15 is 0 Å². The smallest absolute Gasteiger partial charge is 0.231 e. The van der Waals surface area contributed by atoms with Crippen LogP contribution in [-0.4, -0.2) is 46.5 Å². The van der Waals surface area contributed by atoms with Gasteiger partial charge in [0.15, 0.2) is 5.11 Å². The van der Waals surface area contributed by atoms with Crippen LogP contribution in [0, 0.1) is 0 Å². The molecule has 0 spiro atoms. The number of sulfonamides is 1. The van der Waals surface area contributed by atoms with E-state index in [0.717, 1.165) is 38.2 Å². The predicted octanol–water partition coefficient (Wildman–Crippen LogP) is 3.21. The molecule has 0 fully saturated rings. The van der Waals surface area contributed by atoms with Gasteiger partial charge < -0.3 is 15.5 Å². The van der Waals surface area contributed by atoms with Gasteiger partial charge in [0.25, 0.3) is 0 Å². The van der Waals surface area contributed by atoms with E-state index in [9.17, 15) is 8.42 Å². The second-order valence-corrected chi connectivity index (χ2v) is 9.66. The number of fused-ring (bicyclic) bond motifs is 1. The maximum atomic E-state index is 11.7. The summed E-state index contributed by atoms with van der Waals surface area (Å²) in [6.07, 6.45) is 4.52. The quantitative estimate of drug-likeness (QED) is 0.517. The Morgan fingerprint density at radius 1 is 1.21 bits per heavy atom. The van der Waals surface area contributed by atoms with Crippen LogP contribution in [0.25, 0.3) is 0 Å². The monoisotopic (exact) mass is 432 g/mol. The second kappa shape index (κ2) is 9.45. The van der Waals surface area contributed by atoms with E-state index < -0.39 is 10.0 Å². The van der Waals surface area contributed by atoms with Gasteiger partial charge in [-0.05, 0) is 61.3 Å². The maximum absolute atomic E-state index is 11.7. The number of nitrogens with zero attached hydrogens (tertiary/aromatic N) is 2. The van der Waals surface area contributed by atoms with Crippen LogP contribution in [0.1, 0.15) is 18.4 Å². The number of aryl methyl sites for hydroxylation is 1. The minimum Gasteiger partial charge on any atom is -0.371 e. The molecule has 1 aliphatic heterocycles. The molecule has 0 aliphatic carbocycles.